The van der Waals surface area contributed by atoms with Crippen LogP contribution in [0.3, 0.4) is 0 Å². The van der Waals surface area contributed by atoms with Gasteiger partial charge in [0.2, 0.25) is 23.6 Å². The first kappa shape index (κ1) is 19.9. The Kier molecular flexibility index (Phi) is 6.28. The molecule has 8 heteroatoms. The van der Waals surface area contributed by atoms with Crippen molar-refractivity contribution >= 4 is 35.0 Å². The van der Waals surface area contributed by atoms with Gasteiger partial charge in [0.1, 0.15) is 0 Å². The van der Waals surface area contributed by atoms with Crippen LogP contribution in [0.5, 0.6) is 0 Å². The Labute approximate surface area is 164 Å². The molecule has 0 saturated carbocycles. The average molecular weight is 386 g/mol. The molecule has 0 aliphatic carbocycles. The molecule has 3 N–H and O–H groups in total. The first-order valence-corrected chi connectivity index (χ1v) is 9.73. The Balaban J connectivity index is 1.63. The molecule has 4 amide bonds. The molecule has 1 aromatic rings. The lowest BCUT2D eigenvalue weighted by molar-refractivity contribution is -0.130. The number of hydrogen-bond acceptors (Lipinski definition) is 4. The topological polar surface area (TPSA) is 108 Å². The molecule has 3 rings (SSSR count). The molecule has 0 radical (unpaired) electrons. The zero-order valence-electron chi connectivity index (χ0n) is 16.0. The Morgan fingerprint density at radius 1 is 1.00 bits per heavy atom. The van der Waals surface area contributed by atoms with Gasteiger partial charge >= 0.3 is 0 Å². The first-order chi connectivity index (χ1) is 13.5. The van der Waals surface area contributed by atoms with Gasteiger partial charge in [0.05, 0.1) is 0 Å². The van der Waals surface area contributed by atoms with Crippen LogP contribution < -0.4 is 20.9 Å². The van der Waals surface area contributed by atoms with Crippen molar-refractivity contribution < 1.29 is 19.2 Å². The van der Waals surface area contributed by atoms with Gasteiger partial charge in [0, 0.05) is 55.7 Å². The van der Waals surface area contributed by atoms with E-state index in [1.165, 1.54) is 0 Å². The summed E-state index contributed by atoms with van der Waals surface area (Å²) < 4.78 is 0. The minimum Gasteiger partial charge on any atom is -0.356 e. The average Bonchev–Trinajstić information content (AvgIpc) is 2.69. The van der Waals surface area contributed by atoms with Crippen molar-refractivity contribution in [1.29, 1.82) is 0 Å². The molecule has 2 atom stereocenters. The number of benzene rings is 1. The summed E-state index contributed by atoms with van der Waals surface area (Å²) in [6.45, 7) is 3.43. The quantitative estimate of drug-likeness (QED) is 0.702. The molecular weight excluding hydrogens is 360 g/mol. The third kappa shape index (κ3) is 4.68. The highest BCUT2D eigenvalue weighted by molar-refractivity contribution is 5.99. The second kappa shape index (κ2) is 8.86. The van der Waals surface area contributed by atoms with Crippen molar-refractivity contribution in [2.24, 2.45) is 11.8 Å². The van der Waals surface area contributed by atoms with Crippen LogP contribution in [0.25, 0.3) is 0 Å². The number of rotatable bonds is 5. The van der Waals surface area contributed by atoms with Crippen molar-refractivity contribution in [3.05, 3.63) is 24.3 Å². The maximum atomic E-state index is 12.8. The lowest BCUT2D eigenvalue weighted by Gasteiger charge is -2.28. The standard InChI is InChI=1S/C20H26N4O4/c1-2-24(20(28)14-8-10-22-18(26)12-14)16-5-3-15(4-6-16)23-19(27)13-7-9-21-17(25)11-13/h3-6,13-14H,2,7-12H2,1H3,(H,21,25)(H,22,26)(H,23,27). The zero-order chi connectivity index (χ0) is 20.1. The third-order valence-electron chi connectivity index (χ3n) is 5.24. The number of nitrogens with one attached hydrogen (secondary N) is 3. The van der Waals surface area contributed by atoms with Gasteiger partial charge in [0.15, 0.2) is 0 Å². The summed E-state index contributed by atoms with van der Waals surface area (Å²) in [5, 5.41) is 8.30. The summed E-state index contributed by atoms with van der Waals surface area (Å²) in [7, 11) is 0. The van der Waals surface area contributed by atoms with E-state index in [2.05, 4.69) is 16.0 Å². The highest BCUT2D eigenvalue weighted by Crippen LogP contribution is 2.24. The van der Waals surface area contributed by atoms with E-state index in [0.717, 1.165) is 5.69 Å². The van der Waals surface area contributed by atoms with Crippen LogP contribution in [0.1, 0.15) is 32.6 Å². The van der Waals surface area contributed by atoms with Gasteiger partial charge in [-0.3, -0.25) is 19.2 Å². The molecule has 2 aliphatic rings. The van der Waals surface area contributed by atoms with Crippen LogP contribution in [-0.2, 0) is 19.2 Å². The number of piperidine rings is 2. The highest BCUT2D eigenvalue weighted by atomic mass is 16.2. The number of nitrogens with zero attached hydrogens (tertiary/aromatic N) is 1. The maximum absolute atomic E-state index is 12.8. The normalized spacial score (nSPS) is 22.0. The predicted octanol–water partition coefficient (Wildman–Crippen LogP) is 1.03. The predicted molar refractivity (Wildman–Crippen MR) is 105 cm³/mol. The van der Waals surface area contributed by atoms with E-state index in [4.69, 9.17) is 0 Å². The number of anilines is 2. The van der Waals surface area contributed by atoms with Gasteiger partial charge in [-0.1, -0.05) is 0 Å². The van der Waals surface area contributed by atoms with Crippen molar-refractivity contribution in [2.45, 2.75) is 32.6 Å². The number of hydrogen-bond donors (Lipinski definition) is 3. The molecule has 2 unspecified atom stereocenters. The second-order valence-corrected chi connectivity index (χ2v) is 7.20. The smallest absolute Gasteiger partial charge is 0.230 e. The van der Waals surface area contributed by atoms with Crippen molar-refractivity contribution in [2.75, 3.05) is 29.9 Å². The van der Waals surface area contributed by atoms with Crippen molar-refractivity contribution in [3.8, 4) is 0 Å². The molecular formula is C20H26N4O4. The van der Waals surface area contributed by atoms with Crippen LogP contribution >= 0.6 is 0 Å². The van der Waals surface area contributed by atoms with E-state index in [9.17, 15) is 19.2 Å². The molecule has 2 heterocycles. The molecule has 150 valence electrons. The fourth-order valence-electron chi connectivity index (χ4n) is 3.66. The van der Waals surface area contributed by atoms with Gasteiger partial charge < -0.3 is 20.9 Å². The Morgan fingerprint density at radius 3 is 2.14 bits per heavy atom. The van der Waals surface area contributed by atoms with E-state index in [1.54, 1.807) is 29.2 Å². The van der Waals surface area contributed by atoms with Gasteiger partial charge in [-0.15, -0.1) is 0 Å². The van der Waals surface area contributed by atoms with Gasteiger partial charge in [-0.05, 0) is 44.0 Å². The van der Waals surface area contributed by atoms with E-state index >= 15 is 0 Å². The molecule has 1 aromatic carbocycles. The number of amides is 4. The van der Waals surface area contributed by atoms with E-state index in [-0.39, 0.29) is 48.3 Å². The van der Waals surface area contributed by atoms with E-state index < -0.39 is 0 Å². The summed E-state index contributed by atoms with van der Waals surface area (Å²) in [6.07, 6.45) is 1.70. The van der Waals surface area contributed by atoms with Gasteiger partial charge in [0.25, 0.3) is 0 Å². The fourth-order valence-corrected chi connectivity index (χ4v) is 3.66. The zero-order valence-corrected chi connectivity index (χ0v) is 16.0. The third-order valence-corrected chi connectivity index (χ3v) is 5.24. The summed E-state index contributed by atoms with van der Waals surface area (Å²) in [4.78, 5) is 49.8. The maximum Gasteiger partial charge on any atom is 0.230 e. The van der Waals surface area contributed by atoms with Crippen LogP contribution in [0.2, 0.25) is 0 Å². The van der Waals surface area contributed by atoms with Crippen molar-refractivity contribution in [3.63, 3.8) is 0 Å². The summed E-state index contributed by atoms with van der Waals surface area (Å²) in [6, 6.07) is 7.07. The molecule has 0 spiro atoms. The fraction of sp³-hybridized carbons (Fsp3) is 0.500. The lowest BCUT2D eigenvalue weighted by Crippen LogP contribution is -2.43. The van der Waals surface area contributed by atoms with Crippen LogP contribution in [0.4, 0.5) is 11.4 Å². The van der Waals surface area contributed by atoms with E-state index in [1.807, 2.05) is 6.92 Å². The minimum absolute atomic E-state index is 0.0534. The molecule has 2 aliphatic heterocycles. The Morgan fingerprint density at radius 2 is 1.57 bits per heavy atom. The largest absolute Gasteiger partial charge is 0.356 e. The van der Waals surface area contributed by atoms with Gasteiger partial charge in [-0.25, -0.2) is 0 Å². The Hall–Kier alpha value is -2.90. The molecule has 2 fully saturated rings. The monoisotopic (exact) mass is 386 g/mol. The van der Waals surface area contributed by atoms with Crippen LogP contribution in [-0.4, -0.2) is 43.3 Å². The van der Waals surface area contributed by atoms with Crippen LogP contribution in [0, 0.1) is 11.8 Å². The van der Waals surface area contributed by atoms with Crippen molar-refractivity contribution in [1.82, 2.24) is 10.6 Å². The van der Waals surface area contributed by atoms with Gasteiger partial charge in [-0.2, -0.15) is 0 Å². The SMILES string of the molecule is CCN(C(=O)C1CCNC(=O)C1)c1ccc(NC(=O)C2CCNC(=O)C2)cc1. The summed E-state index contributed by atoms with van der Waals surface area (Å²) >= 11 is 0. The van der Waals surface area contributed by atoms with Crippen LogP contribution in [0.15, 0.2) is 24.3 Å². The molecule has 2 saturated heterocycles. The molecule has 8 nitrogen and oxygen atoms in total. The lowest BCUT2D eigenvalue weighted by atomic mass is 9.95. The summed E-state index contributed by atoms with van der Waals surface area (Å²) in [5.41, 5.74) is 1.36. The van der Waals surface area contributed by atoms with E-state index in [0.29, 0.717) is 38.2 Å². The minimum atomic E-state index is -0.320. The molecule has 0 bridgehead atoms. The molecule has 0 aromatic heterocycles. The number of carbonyl (C=O) groups excluding carboxylic acids is 4. The molecule has 28 heavy (non-hydrogen) atoms. The second-order valence-electron chi connectivity index (χ2n) is 7.20. The summed E-state index contributed by atoms with van der Waals surface area (Å²) in [5.74, 6) is -1.03. The highest BCUT2D eigenvalue weighted by Gasteiger charge is 2.29. The number of carbonyl (C=O) groups is 4. The first-order valence-electron chi connectivity index (χ1n) is 9.73. The Bertz CT molecular complexity index is 762.